The zero-order valence-electron chi connectivity index (χ0n) is 10.2. The number of nitrogens with one attached hydrogen (secondary N) is 1. The number of halogens is 2. The van der Waals surface area contributed by atoms with E-state index in [-0.39, 0.29) is 6.61 Å². The van der Waals surface area contributed by atoms with Gasteiger partial charge in [0.2, 0.25) is 5.89 Å². The molecule has 0 aromatic carbocycles. The summed E-state index contributed by atoms with van der Waals surface area (Å²) in [6.45, 7) is 3.39. The highest BCUT2D eigenvalue weighted by molar-refractivity contribution is 4.98. The lowest BCUT2D eigenvalue weighted by atomic mass is 10.1. The molecule has 0 unspecified atom stereocenters. The predicted octanol–water partition coefficient (Wildman–Crippen LogP) is 1.35. The molecule has 0 amide bonds. The van der Waals surface area contributed by atoms with Crippen LogP contribution in [0.4, 0.5) is 8.78 Å². The van der Waals surface area contributed by atoms with Crippen LogP contribution in [0.25, 0.3) is 0 Å². The molecule has 0 aliphatic carbocycles. The summed E-state index contributed by atoms with van der Waals surface area (Å²) >= 11 is 0. The van der Waals surface area contributed by atoms with Gasteiger partial charge in [0.05, 0.1) is 12.1 Å². The Morgan fingerprint density at radius 2 is 2.18 bits per heavy atom. The largest absolute Gasteiger partial charge is 0.375 e. The van der Waals surface area contributed by atoms with Crippen LogP contribution in [0, 0.1) is 0 Å². The number of aromatic nitrogens is 2. The first kappa shape index (κ1) is 14.0. The van der Waals surface area contributed by atoms with Crippen LogP contribution < -0.4 is 5.32 Å². The summed E-state index contributed by atoms with van der Waals surface area (Å²) in [5.41, 5.74) is -0.408. The summed E-state index contributed by atoms with van der Waals surface area (Å²) in [7, 11) is 1.79. The first-order chi connectivity index (χ1) is 7.95. The lowest BCUT2D eigenvalue weighted by Crippen LogP contribution is -2.33. The molecule has 5 nitrogen and oxygen atoms in total. The van der Waals surface area contributed by atoms with Gasteiger partial charge in [0.15, 0.2) is 5.82 Å². The molecule has 1 aromatic heterocycles. The van der Waals surface area contributed by atoms with Crippen LogP contribution in [0.2, 0.25) is 0 Å². The van der Waals surface area contributed by atoms with E-state index in [0.717, 1.165) is 0 Å². The molecule has 1 N–H and O–H groups in total. The Kier molecular flexibility index (Phi) is 4.95. The molecule has 0 saturated carbocycles. The van der Waals surface area contributed by atoms with Gasteiger partial charge in [-0.1, -0.05) is 5.16 Å². The number of nitrogens with zero attached hydrogens (tertiary/aromatic N) is 2. The number of hydrogen-bond acceptors (Lipinski definition) is 5. The van der Waals surface area contributed by atoms with Crippen LogP contribution in [0.5, 0.6) is 0 Å². The second kappa shape index (κ2) is 6.02. The molecule has 0 atom stereocenters. The fourth-order valence-corrected chi connectivity index (χ4v) is 1.05. The number of hydrogen-bond donors (Lipinski definition) is 1. The lowest BCUT2D eigenvalue weighted by molar-refractivity contribution is 0.0182. The van der Waals surface area contributed by atoms with Crippen LogP contribution >= 0.6 is 0 Å². The molecule has 0 saturated heterocycles. The fourth-order valence-electron chi connectivity index (χ4n) is 1.05. The van der Waals surface area contributed by atoms with Crippen molar-refractivity contribution in [3.63, 3.8) is 0 Å². The van der Waals surface area contributed by atoms with E-state index in [1.165, 1.54) is 0 Å². The van der Waals surface area contributed by atoms with Gasteiger partial charge < -0.3 is 14.6 Å². The Morgan fingerprint density at radius 3 is 2.76 bits per heavy atom. The Hall–Kier alpha value is -1.08. The molecule has 1 heterocycles. The van der Waals surface area contributed by atoms with Crippen molar-refractivity contribution in [2.45, 2.75) is 32.2 Å². The third-order valence-corrected chi connectivity index (χ3v) is 2.34. The molecule has 0 aliphatic heterocycles. The van der Waals surface area contributed by atoms with Gasteiger partial charge in [0.1, 0.15) is 6.61 Å². The van der Waals surface area contributed by atoms with Crippen LogP contribution in [0.15, 0.2) is 4.52 Å². The SMILES string of the molecule is CNC(C)(C)c1nc(CCOCC(F)F)no1. The van der Waals surface area contributed by atoms with E-state index in [4.69, 9.17) is 9.26 Å². The van der Waals surface area contributed by atoms with Gasteiger partial charge in [-0.15, -0.1) is 0 Å². The summed E-state index contributed by atoms with van der Waals surface area (Å²) < 4.78 is 33.4. The molecule has 98 valence electrons. The van der Waals surface area contributed by atoms with E-state index in [9.17, 15) is 8.78 Å². The summed E-state index contributed by atoms with van der Waals surface area (Å²) in [5.74, 6) is 0.918. The normalized spacial score (nSPS) is 12.4. The van der Waals surface area contributed by atoms with Crippen LogP contribution in [-0.2, 0) is 16.7 Å². The van der Waals surface area contributed by atoms with Gasteiger partial charge in [0, 0.05) is 6.42 Å². The van der Waals surface area contributed by atoms with Crippen molar-refractivity contribution in [3.05, 3.63) is 11.7 Å². The highest BCUT2D eigenvalue weighted by Gasteiger charge is 2.25. The molecule has 0 bridgehead atoms. The molecule has 17 heavy (non-hydrogen) atoms. The Labute approximate surface area is 98.5 Å². The monoisotopic (exact) mass is 249 g/mol. The van der Waals surface area contributed by atoms with Crippen LogP contribution in [0.1, 0.15) is 25.6 Å². The van der Waals surface area contributed by atoms with E-state index >= 15 is 0 Å². The molecule has 0 fully saturated rings. The van der Waals surface area contributed by atoms with E-state index < -0.39 is 18.6 Å². The molecule has 0 radical (unpaired) electrons. The molecule has 1 rings (SSSR count). The van der Waals surface area contributed by atoms with Gasteiger partial charge >= 0.3 is 0 Å². The van der Waals surface area contributed by atoms with Crippen LogP contribution in [0.3, 0.4) is 0 Å². The molecule has 1 aromatic rings. The minimum atomic E-state index is -2.45. The highest BCUT2D eigenvalue weighted by atomic mass is 19.3. The summed E-state index contributed by atoms with van der Waals surface area (Å²) in [6, 6.07) is 0. The van der Waals surface area contributed by atoms with Crippen molar-refractivity contribution in [1.29, 1.82) is 0 Å². The van der Waals surface area contributed by atoms with Crippen molar-refractivity contribution in [2.75, 3.05) is 20.3 Å². The van der Waals surface area contributed by atoms with Crippen molar-refractivity contribution >= 4 is 0 Å². The zero-order chi connectivity index (χ0) is 12.9. The van der Waals surface area contributed by atoms with Gasteiger partial charge in [0.25, 0.3) is 6.43 Å². The van der Waals surface area contributed by atoms with E-state index in [1.54, 1.807) is 7.05 Å². The first-order valence-corrected chi connectivity index (χ1v) is 5.33. The van der Waals surface area contributed by atoms with Crippen molar-refractivity contribution < 1.29 is 18.0 Å². The molecule has 0 aliphatic rings. The Morgan fingerprint density at radius 1 is 1.47 bits per heavy atom. The van der Waals surface area contributed by atoms with E-state index in [1.807, 2.05) is 13.8 Å². The van der Waals surface area contributed by atoms with Crippen molar-refractivity contribution in [1.82, 2.24) is 15.5 Å². The maximum atomic E-state index is 11.8. The minimum Gasteiger partial charge on any atom is -0.375 e. The third kappa shape index (κ3) is 4.35. The number of rotatable bonds is 7. The van der Waals surface area contributed by atoms with E-state index in [2.05, 4.69) is 15.5 Å². The number of ether oxygens (including phenoxy) is 1. The van der Waals surface area contributed by atoms with E-state index in [0.29, 0.717) is 18.1 Å². The van der Waals surface area contributed by atoms with Crippen LogP contribution in [-0.4, -0.2) is 36.8 Å². The smallest absolute Gasteiger partial charge is 0.261 e. The minimum absolute atomic E-state index is 0.156. The average molecular weight is 249 g/mol. The number of alkyl halides is 2. The summed E-state index contributed by atoms with van der Waals surface area (Å²) in [5, 5.41) is 6.78. The first-order valence-electron chi connectivity index (χ1n) is 5.33. The van der Waals surface area contributed by atoms with Crippen molar-refractivity contribution in [3.8, 4) is 0 Å². The summed E-state index contributed by atoms with van der Waals surface area (Å²) in [4.78, 5) is 4.16. The van der Waals surface area contributed by atoms with Gasteiger partial charge in [-0.25, -0.2) is 8.78 Å². The summed E-state index contributed by atoms with van der Waals surface area (Å²) in [6.07, 6.45) is -2.09. The average Bonchev–Trinajstić information content (AvgIpc) is 2.73. The third-order valence-electron chi connectivity index (χ3n) is 2.34. The van der Waals surface area contributed by atoms with Gasteiger partial charge in [-0.05, 0) is 20.9 Å². The topological polar surface area (TPSA) is 60.2 Å². The molecule has 7 heteroatoms. The van der Waals surface area contributed by atoms with Crippen molar-refractivity contribution in [2.24, 2.45) is 0 Å². The lowest BCUT2D eigenvalue weighted by Gasteiger charge is -2.17. The Balaban J connectivity index is 2.41. The maximum absolute atomic E-state index is 11.8. The molecular weight excluding hydrogens is 232 g/mol. The van der Waals surface area contributed by atoms with Gasteiger partial charge in [-0.2, -0.15) is 4.98 Å². The standard InChI is InChI=1S/C10H17F2N3O2/c1-10(2,13-3)9-14-8(15-17-9)4-5-16-6-7(11)12/h7,13H,4-6H2,1-3H3. The quantitative estimate of drug-likeness (QED) is 0.739. The van der Waals surface area contributed by atoms with Gasteiger partial charge in [-0.3, -0.25) is 0 Å². The fraction of sp³-hybridized carbons (Fsp3) is 0.800. The second-order valence-electron chi connectivity index (χ2n) is 4.11. The second-order valence-corrected chi connectivity index (χ2v) is 4.11. The predicted molar refractivity (Wildman–Crippen MR) is 56.9 cm³/mol. The maximum Gasteiger partial charge on any atom is 0.261 e. The molecular formula is C10H17F2N3O2. The Bertz CT molecular complexity index is 342. The zero-order valence-corrected chi connectivity index (χ0v) is 10.2. The molecule has 0 spiro atoms. The highest BCUT2D eigenvalue weighted by Crippen LogP contribution is 2.16.